The van der Waals surface area contributed by atoms with Crippen LogP contribution in [0.2, 0.25) is 0 Å². The molecule has 11 heavy (non-hydrogen) atoms. The maximum absolute atomic E-state index is 7.09. The molecule has 1 N–H and O–H groups in total. The van der Waals surface area contributed by atoms with Gasteiger partial charge in [0.1, 0.15) is 0 Å². The fraction of sp³-hybridized carbons (Fsp3) is 0.100. The first-order chi connectivity index (χ1) is 5.16. The van der Waals surface area contributed by atoms with Crippen LogP contribution in [0.25, 0.3) is 0 Å². The molecule has 0 aromatic rings. The lowest BCUT2D eigenvalue weighted by Crippen LogP contribution is -1.78. The van der Waals surface area contributed by atoms with Gasteiger partial charge in [-0.05, 0) is 18.6 Å². The lowest BCUT2D eigenvalue weighted by molar-refractivity contribution is 1.49. The zero-order valence-electron chi connectivity index (χ0n) is 6.80. The molecule has 0 atom stereocenters. The number of rotatable bonds is 4. The third-order valence-corrected chi connectivity index (χ3v) is 0.994. The molecule has 0 unspecified atom stereocenters. The van der Waals surface area contributed by atoms with E-state index in [0.717, 1.165) is 5.57 Å². The highest BCUT2D eigenvalue weighted by Crippen LogP contribution is 1.95. The van der Waals surface area contributed by atoms with Crippen LogP contribution in [0.5, 0.6) is 0 Å². The first kappa shape index (κ1) is 9.63. The molecule has 1 heteroatoms. The van der Waals surface area contributed by atoms with E-state index in [1.54, 1.807) is 25.2 Å². The Labute approximate surface area is 68.0 Å². The molecule has 0 aliphatic carbocycles. The standard InChI is InChI=1S/C10H13N/c1-4-5-6-9(2)7-8-10(3)11/h4-8,11H,1-2H2,3H3/b6-5+,8-7-,11-10?. The molecule has 0 aliphatic heterocycles. The van der Waals surface area contributed by atoms with Crippen LogP contribution in [0.15, 0.2) is 49.1 Å². The highest BCUT2D eigenvalue weighted by atomic mass is 14.4. The fourth-order valence-corrected chi connectivity index (χ4v) is 0.479. The molecule has 0 rings (SSSR count). The smallest absolute Gasteiger partial charge is 0.0283 e. The van der Waals surface area contributed by atoms with Crippen molar-refractivity contribution in [1.82, 2.24) is 0 Å². The Morgan fingerprint density at radius 2 is 1.91 bits per heavy atom. The van der Waals surface area contributed by atoms with Crippen molar-refractivity contribution in [3.05, 3.63) is 49.1 Å². The van der Waals surface area contributed by atoms with Gasteiger partial charge in [0.25, 0.3) is 0 Å². The normalized spacial score (nSPS) is 10.6. The van der Waals surface area contributed by atoms with E-state index >= 15 is 0 Å². The maximum atomic E-state index is 7.09. The summed E-state index contributed by atoms with van der Waals surface area (Å²) in [4.78, 5) is 0. The van der Waals surface area contributed by atoms with Gasteiger partial charge in [0.05, 0.1) is 0 Å². The molecule has 0 heterocycles. The van der Waals surface area contributed by atoms with Gasteiger partial charge in [-0.1, -0.05) is 37.5 Å². The van der Waals surface area contributed by atoms with Gasteiger partial charge in [0, 0.05) is 5.71 Å². The van der Waals surface area contributed by atoms with E-state index < -0.39 is 0 Å². The molecule has 1 nitrogen and oxygen atoms in total. The molecule has 0 spiro atoms. The monoisotopic (exact) mass is 147 g/mol. The maximum Gasteiger partial charge on any atom is 0.0283 e. The van der Waals surface area contributed by atoms with Crippen molar-refractivity contribution in [1.29, 1.82) is 5.41 Å². The molecule has 0 saturated heterocycles. The van der Waals surface area contributed by atoms with Crippen molar-refractivity contribution in [3.63, 3.8) is 0 Å². The SMILES string of the molecule is C=C/C=C/C(=C)/C=C\C(C)=N. The molecule has 0 aromatic heterocycles. The summed E-state index contributed by atoms with van der Waals surface area (Å²) in [5, 5.41) is 7.09. The summed E-state index contributed by atoms with van der Waals surface area (Å²) in [5.41, 5.74) is 1.40. The number of allylic oxidation sites excluding steroid dienone is 6. The second kappa shape index (κ2) is 5.42. The predicted octanol–water partition coefficient (Wildman–Crippen LogP) is 2.88. The van der Waals surface area contributed by atoms with Crippen LogP contribution in [-0.4, -0.2) is 5.71 Å². The number of hydrogen-bond donors (Lipinski definition) is 1. The van der Waals surface area contributed by atoms with E-state index in [9.17, 15) is 0 Å². The zero-order valence-corrected chi connectivity index (χ0v) is 6.80. The average Bonchev–Trinajstić information content (AvgIpc) is 1.97. The topological polar surface area (TPSA) is 23.9 Å². The number of hydrogen-bond acceptors (Lipinski definition) is 1. The highest BCUT2D eigenvalue weighted by Gasteiger charge is 1.79. The summed E-state index contributed by atoms with van der Waals surface area (Å²) in [7, 11) is 0. The van der Waals surface area contributed by atoms with Gasteiger partial charge in [-0.25, -0.2) is 0 Å². The molecule has 58 valence electrons. The van der Waals surface area contributed by atoms with Crippen molar-refractivity contribution in [2.75, 3.05) is 0 Å². The van der Waals surface area contributed by atoms with Gasteiger partial charge < -0.3 is 5.41 Å². The predicted molar refractivity (Wildman–Crippen MR) is 51.0 cm³/mol. The Hall–Kier alpha value is -1.37. The van der Waals surface area contributed by atoms with Crippen LogP contribution in [0.4, 0.5) is 0 Å². The Kier molecular flexibility index (Phi) is 4.74. The first-order valence-corrected chi connectivity index (χ1v) is 3.38. The minimum atomic E-state index is 0.526. The van der Waals surface area contributed by atoms with Crippen molar-refractivity contribution >= 4 is 5.71 Å². The van der Waals surface area contributed by atoms with Crippen molar-refractivity contribution < 1.29 is 0 Å². The fourth-order valence-electron chi connectivity index (χ4n) is 0.479. The molecule has 0 aliphatic rings. The third kappa shape index (κ3) is 6.52. The molecule has 0 aromatic carbocycles. The van der Waals surface area contributed by atoms with Gasteiger partial charge in [0.2, 0.25) is 0 Å². The average molecular weight is 147 g/mol. The van der Waals surface area contributed by atoms with Crippen LogP contribution in [-0.2, 0) is 0 Å². The minimum Gasteiger partial charge on any atom is -0.306 e. The summed E-state index contributed by atoms with van der Waals surface area (Å²) in [5.74, 6) is 0. The largest absolute Gasteiger partial charge is 0.306 e. The van der Waals surface area contributed by atoms with Gasteiger partial charge in [-0.15, -0.1) is 0 Å². The molecule has 0 radical (unpaired) electrons. The van der Waals surface area contributed by atoms with Crippen LogP contribution < -0.4 is 0 Å². The molecule has 0 amide bonds. The molecule has 0 bridgehead atoms. The second-order valence-corrected chi connectivity index (χ2v) is 2.19. The van der Waals surface area contributed by atoms with Crippen molar-refractivity contribution in [2.45, 2.75) is 6.92 Å². The Morgan fingerprint density at radius 1 is 1.27 bits per heavy atom. The second-order valence-electron chi connectivity index (χ2n) is 2.19. The van der Waals surface area contributed by atoms with Crippen LogP contribution in [0.1, 0.15) is 6.92 Å². The van der Waals surface area contributed by atoms with E-state index in [1.807, 2.05) is 12.2 Å². The van der Waals surface area contributed by atoms with E-state index in [4.69, 9.17) is 5.41 Å². The Morgan fingerprint density at radius 3 is 2.36 bits per heavy atom. The summed E-state index contributed by atoms with van der Waals surface area (Å²) in [6.45, 7) is 9.00. The van der Waals surface area contributed by atoms with Crippen LogP contribution in [0, 0.1) is 5.41 Å². The van der Waals surface area contributed by atoms with Gasteiger partial charge in [-0.3, -0.25) is 0 Å². The zero-order chi connectivity index (χ0) is 8.69. The van der Waals surface area contributed by atoms with E-state index in [2.05, 4.69) is 13.2 Å². The minimum absolute atomic E-state index is 0.526. The molecule has 0 fully saturated rings. The lowest BCUT2D eigenvalue weighted by atomic mass is 10.2. The summed E-state index contributed by atoms with van der Waals surface area (Å²) < 4.78 is 0. The first-order valence-electron chi connectivity index (χ1n) is 3.38. The van der Waals surface area contributed by atoms with Crippen LogP contribution in [0.3, 0.4) is 0 Å². The lowest BCUT2D eigenvalue weighted by Gasteiger charge is -1.86. The van der Waals surface area contributed by atoms with E-state index in [1.165, 1.54) is 0 Å². The number of nitrogens with one attached hydrogen (secondary N) is 1. The summed E-state index contributed by atoms with van der Waals surface area (Å²) >= 11 is 0. The molecule has 0 saturated carbocycles. The Bertz CT molecular complexity index is 219. The molecular formula is C10H13N. The van der Waals surface area contributed by atoms with Crippen molar-refractivity contribution in [3.8, 4) is 0 Å². The molecular weight excluding hydrogens is 134 g/mol. The van der Waals surface area contributed by atoms with E-state index in [0.29, 0.717) is 5.71 Å². The quantitative estimate of drug-likeness (QED) is 0.467. The highest BCUT2D eigenvalue weighted by molar-refractivity contribution is 5.90. The van der Waals surface area contributed by atoms with Gasteiger partial charge in [0.15, 0.2) is 0 Å². The Balaban J connectivity index is 3.97. The van der Waals surface area contributed by atoms with Crippen LogP contribution >= 0.6 is 0 Å². The van der Waals surface area contributed by atoms with Crippen molar-refractivity contribution in [2.24, 2.45) is 0 Å². The summed E-state index contributed by atoms with van der Waals surface area (Å²) in [6, 6.07) is 0. The third-order valence-electron chi connectivity index (χ3n) is 0.994. The van der Waals surface area contributed by atoms with E-state index in [-0.39, 0.29) is 0 Å². The van der Waals surface area contributed by atoms with Gasteiger partial charge in [-0.2, -0.15) is 0 Å². The van der Waals surface area contributed by atoms with Gasteiger partial charge >= 0.3 is 0 Å². The summed E-state index contributed by atoms with van der Waals surface area (Å²) in [6.07, 6.45) is 8.84.